The van der Waals surface area contributed by atoms with Crippen molar-refractivity contribution in [1.29, 1.82) is 0 Å². The molecule has 1 aliphatic rings. The van der Waals surface area contributed by atoms with Crippen LogP contribution in [0.25, 0.3) is 10.8 Å². The fourth-order valence-electron chi connectivity index (χ4n) is 4.00. The minimum absolute atomic E-state index is 0.153. The molecule has 0 saturated carbocycles. The van der Waals surface area contributed by atoms with Crippen LogP contribution in [0.1, 0.15) is 25.8 Å². The highest BCUT2D eigenvalue weighted by atomic mass is 16.5. The number of amides is 1. The fraction of sp³-hybridized carbons (Fsp3) is 0.346. The van der Waals surface area contributed by atoms with Crippen molar-refractivity contribution in [3.05, 3.63) is 72.3 Å². The fourth-order valence-corrected chi connectivity index (χ4v) is 4.00. The molecule has 0 aliphatic carbocycles. The summed E-state index contributed by atoms with van der Waals surface area (Å²) in [7, 11) is 0. The van der Waals surface area contributed by atoms with Crippen LogP contribution in [-0.2, 0) is 11.2 Å². The molecule has 3 aromatic carbocycles. The molecule has 0 saturated heterocycles. The van der Waals surface area contributed by atoms with E-state index in [4.69, 9.17) is 4.74 Å². The maximum Gasteiger partial charge on any atom is 0.231 e. The number of nitrogens with zero attached hydrogens (tertiary/aromatic N) is 1. The molecule has 4 rings (SSSR count). The van der Waals surface area contributed by atoms with Gasteiger partial charge in [-0.05, 0) is 43.4 Å². The zero-order chi connectivity index (χ0) is 21.8. The molecule has 2 N–H and O–H groups in total. The third-order valence-corrected chi connectivity index (χ3v) is 5.88. The molecule has 162 valence electrons. The lowest BCUT2D eigenvalue weighted by atomic mass is 10.00. The number of aliphatic hydroxyl groups is 1. The van der Waals surface area contributed by atoms with Crippen molar-refractivity contribution in [1.82, 2.24) is 5.32 Å². The maximum atomic E-state index is 12.4. The van der Waals surface area contributed by atoms with Gasteiger partial charge in [0.25, 0.3) is 0 Å². The Balaban J connectivity index is 1.26. The molecule has 3 aromatic rings. The second-order valence-electron chi connectivity index (χ2n) is 8.81. The van der Waals surface area contributed by atoms with E-state index in [0.717, 1.165) is 34.2 Å². The number of β-amino-alcohol motifs (C(OH)–C–C–N with tert-alkyl or cyclic N) is 1. The maximum absolute atomic E-state index is 12.4. The van der Waals surface area contributed by atoms with E-state index in [2.05, 4.69) is 19.2 Å². The lowest BCUT2D eigenvalue weighted by Gasteiger charge is -2.30. The third-order valence-electron chi connectivity index (χ3n) is 5.88. The number of carbonyl (C=O) groups is 1. The molecule has 0 bridgehead atoms. The predicted molar refractivity (Wildman–Crippen MR) is 125 cm³/mol. The Bertz CT molecular complexity index is 1060. The van der Waals surface area contributed by atoms with Crippen molar-refractivity contribution >= 4 is 22.4 Å². The molecule has 1 unspecified atom stereocenters. The smallest absolute Gasteiger partial charge is 0.231 e. The standard InChI is InChI=1S/C26H30N2O3/c1-26(2,14-15-28-23-12-6-4-9-20(23)16-25(28)30)27-17-21(29)18-31-24-13-7-10-19-8-3-5-11-22(19)24/h3-13,21,27,29H,14-18H2,1-2H3. The number of fused-ring (bicyclic) bond motifs is 2. The second-order valence-corrected chi connectivity index (χ2v) is 8.81. The number of para-hydroxylation sites is 1. The van der Waals surface area contributed by atoms with Crippen molar-refractivity contribution in [2.24, 2.45) is 0 Å². The van der Waals surface area contributed by atoms with E-state index < -0.39 is 6.10 Å². The Kier molecular flexibility index (Phi) is 6.25. The van der Waals surface area contributed by atoms with Crippen molar-refractivity contribution in [3.63, 3.8) is 0 Å². The quantitative estimate of drug-likeness (QED) is 0.553. The minimum Gasteiger partial charge on any atom is -0.490 e. The third kappa shape index (κ3) is 5.06. The molecule has 31 heavy (non-hydrogen) atoms. The molecular weight excluding hydrogens is 388 g/mol. The zero-order valence-electron chi connectivity index (χ0n) is 18.2. The van der Waals surface area contributed by atoms with Gasteiger partial charge in [-0.25, -0.2) is 0 Å². The lowest BCUT2D eigenvalue weighted by Crippen LogP contribution is -2.47. The zero-order valence-corrected chi connectivity index (χ0v) is 18.2. The topological polar surface area (TPSA) is 61.8 Å². The van der Waals surface area contributed by atoms with Crippen molar-refractivity contribution in [2.45, 2.75) is 38.3 Å². The molecule has 5 heteroatoms. The number of benzene rings is 3. The Hall–Kier alpha value is -2.89. The summed E-state index contributed by atoms with van der Waals surface area (Å²) in [6.07, 6.45) is 0.630. The Morgan fingerprint density at radius 3 is 2.68 bits per heavy atom. The average Bonchev–Trinajstić information content (AvgIpc) is 3.10. The molecule has 1 heterocycles. The highest BCUT2D eigenvalue weighted by Gasteiger charge is 2.28. The van der Waals surface area contributed by atoms with Crippen LogP contribution in [0.4, 0.5) is 5.69 Å². The summed E-state index contributed by atoms with van der Waals surface area (Å²) >= 11 is 0. The highest BCUT2D eigenvalue weighted by Crippen LogP contribution is 2.29. The number of nitrogens with one attached hydrogen (secondary N) is 1. The van der Waals surface area contributed by atoms with Gasteiger partial charge in [0, 0.05) is 29.7 Å². The molecule has 1 aliphatic heterocycles. The molecule has 0 aromatic heterocycles. The van der Waals surface area contributed by atoms with Crippen LogP contribution in [0.15, 0.2) is 66.7 Å². The summed E-state index contributed by atoms with van der Waals surface area (Å²) < 4.78 is 5.90. The summed E-state index contributed by atoms with van der Waals surface area (Å²) in [4.78, 5) is 14.3. The Morgan fingerprint density at radius 1 is 1.06 bits per heavy atom. The molecular formula is C26H30N2O3. The molecule has 1 amide bonds. The van der Waals surface area contributed by atoms with Crippen LogP contribution in [0, 0.1) is 0 Å². The minimum atomic E-state index is -0.632. The van der Waals surface area contributed by atoms with Gasteiger partial charge >= 0.3 is 0 Å². The van der Waals surface area contributed by atoms with Crippen LogP contribution in [0.5, 0.6) is 5.75 Å². The van der Waals surface area contributed by atoms with E-state index in [1.165, 1.54) is 0 Å². The second kappa shape index (κ2) is 9.08. The van der Waals surface area contributed by atoms with Gasteiger partial charge < -0.3 is 20.1 Å². The van der Waals surface area contributed by atoms with Crippen molar-refractivity contribution < 1.29 is 14.6 Å². The number of aliphatic hydroxyl groups excluding tert-OH is 1. The van der Waals surface area contributed by atoms with E-state index in [1.54, 1.807) is 0 Å². The van der Waals surface area contributed by atoms with Crippen molar-refractivity contribution in [3.8, 4) is 5.75 Å². The van der Waals surface area contributed by atoms with Gasteiger partial charge in [-0.2, -0.15) is 0 Å². The molecule has 0 fully saturated rings. The summed E-state index contributed by atoms with van der Waals surface area (Å²) in [6.45, 7) is 5.48. The number of carbonyl (C=O) groups excluding carboxylic acids is 1. The van der Waals surface area contributed by atoms with Crippen LogP contribution in [-0.4, -0.2) is 42.4 Å². The molecule has 1 atom stereocenters. The highest BCUT2D eigenvalue weighted by molar-refractivity contribution is 6.01. The van der Waals surface area contributed by atoms with Gasteiger partial charge in [0.15, 0.2) is 0 Å². The Morgan fingerprint density at radius 2 is 1.81 bits per heavy atom. The largest absolute Gasteiger partial charge is 0.490 e. The lowest BCUT2D eigenvalue weighted by molar-refractivity contribution is -0.117. The van der Waals surface area contributed by atoms with E-state index in [9.17, 15) is 9.90 Å². The van der Waals surface area contributed by atoms with Gasteiger partial charge in [0.05, 0.1) is 6.42 Å². The van der Waals surface area contributed by atoms with Crippen LogP contribution < -0.4 is 15.0 Å². The normalized spacial score (nSPS) is 14.7. The van der Waals surface area contributed by atoms with E-state index in [0.29, 0.717) is 19.5 Å². The van der Waals surface area contributed by atoms with Gasteiger partial charge in [-0.3, -0.25) is 4.79 Å². The first-order valence-corrected chi connectivity index (χ1v) is 10.8. The van der Waals surface area contributed by atoms with Crippen LogP contribution in [0.2, 0.25) is 0 Å². The molecule has 5 nitrogen and oxygen atoms in total. The number of ether oxygens (including phenoxy) is 1. The van der Waals surface area contributed by atoms with Gasteiger partial charge in [0.2, 0.25) is 5.91 Å². The summed E-state index contributed by atoms with van der Waals surface area (Å²) in [5, 5.41) is 16.0. The SMILES string of the molecule is CC(C)(CCN1C(=O)Cc2ccccc21)NCC(O)COc1cccc2ccccc12. The molecule has 0 radical (unpaired) electrons. The first kappa shape index (κ1) is 21.3. The van der Waals surface area contributed by atoms with Gasteiger partial charge in [-0.1, -0.05) is 54.6 Å². The summed E-state index contributed by atoms with van der Waals surface area (Å²) in [5.74, 6) is 0.933. The average molecular weight is 419 g/mol. The van der Waals surface area contributed by atoms with Crippen LogP contribution in [0.3, 0.4) is 0 Å². The molecule has 0 spiro atoms. The number of anilines is 1. The van der Waals surface area contributed by atoms with E-state index in [1.807, 2.05) is 71.6 Å². The monoisotopic (exact) mass is 418 g/mol. The first-order chi connectivity index (χ1) is 14.9. The van der Waals surface area contributed by atoms with E-state index in [-0.39, 0.29) is 18.1 Å². The first-order valence-electron chi connectivity index (χ1n) is 10.8. The Labute approximate surface area is 183 Å². The van der Waals surface area contributed by atoms with Crippen molar-refractivity contribution in [2.75, 3.05) is 24.6 Å². The summed E-state index contributed by atoms with van der Waals surface area (Å²) in [5.41, 5.74) is 1.89. The number of hydrogen-bond donors (Lipinski definition) is 2. The van der Waals surface area contributed by atoms with E-state index >= 15 is 0 Å². The predicted octanol–water partition coefficient (Wildman–Crippen LogP) is 3.93. The number of hydrogen-bond acceptors (Lipinski definition) is 4. The number of rotatable bonds is 9. The summed E-state index contributed by atoms with van der Waals surface area (Å²) in [6, 6.07) is 22.0. The van der Waals surface area contributed by atoms with Gasteiger partial charge in [-0.15, -0.1) is 0 Å². The van der Waals surface area contributed by atoms with Crippen LogP contribution >= 0.6 is 0 Å². The van der Waals surface area contributed by atoms with Gasteiger partial charge in [0.1, 0.15) is 18.5 Å².